The van der Waals surface area contributed by atoms with E-state index < -0.39 is 0 Å². The maximum atomic E-state index is 12.4. The van der Waals surface area contributed by atoms with Crippen LogP contribution in [-0.2, 0) is 13.6 Å². The van der Waals surface area contributed by atoms with Crippen molar-refractivity contribution in [2.24, 2.45) is 7.05 Å². The number of hydrogen-bond acceptors (Lipinski definition) is 4. The van der Waals surface area contributed by atoms with Gasteiger partial charge in [0.1, 0.15) is 5.82 Å². The largest absolute Gasteiger partial charge is 0.493 e. The van der Waals surface area contributed by atoms with Crippen LogP contribution in [0.15, 0.2) is 42.5 Å². The Morgan fingerprint density at radius 3 is 2.58 bits per heavy atom. The van der Waals surface area contributed by atoms with E-state index in [0.29, 0.717) is 23.6 Å². The van der Waals surface area contributed by atoms with E-state index in [1.807, 2.05) is 35.9 Å². The molecule has 0 saturated carbocycles. The van der Waals surface area contributed by atoms with Gasteiger partial charge in [-0.3, -0.25) is 4.79 Å². The molecule has 0 bridgehead atoms. The maximum absolute atomic E-state index is 12.4. The molecule has 3 rings (SSSR count). The third-order valence-corrected chi connectivity index (χ3v) is 3.93. The van der Waals surface area contributed by atoms with E-state index in [-0.39, 0.29) is 5.91 Å². The summed E-state index contributed by atoms with van der Waals surface area (Å²) in [6.07, 6.45) is 0. The number of methoxy groups -OCH3 is 2. The van der Waals surface area contributed by atoms with Crippen molar-refractivity contribution in [3.63, 3.8) is 0 Å². The Morgan fingerprint density at radius 2 is 1.88 bits per heavy atom. The Kier molecular flexibility index (Phi) is 4.37. The number of imidazole rings is 1. The second-order valence-corrected chi connectivity index (χ2v) is 5.33. The molecule has 0 aliphatic heterocycles. The van der Waals surface area contributed by atoms with Crippen molar-refractivity contribution in [1.29, 1.82) is 0 Å². The van der Waals surface area contributed by atoms with Crippen LogP contribution in [0.3, 0.4) is 0 Å². The Hall–Kier alpha value is -3.02. The molecule has 24 heavy (non-hydrogen) atoms. The zero-order chi connectivity index (χ0) is 17.1. The minimum atomic E-state index is -0.192. The number of nitrogens with one attached hydrogen (secondary N) is 1. The average molecular weight is 325 g/mol. The molecule has 0 unspecified atom stereocenters. The van der Waals surface area contributed by atoms with Gasteiger partial charge >= 0.3 is 0 Å². The summed E-state index contributed by atoms with van der Waals surface area (Å²) in [4.78, 5) is 16.9. The first-order valence-corrected chi connectivity index (χ1v) is 7.54. The van der Waals surface area contributed by atoms with Crippen LogP contribution >= 0.6 is 0 Å². The van der Waals surface area contributed by atoms with Crippen LogP contribution in [0.1, 0.15) is 16.2 Å². The van der Waals surface area contributed by atoms with Crippen LogP contribution in [0, 0.1) is 0 Å². The van der Waals surface area contributed by atoms with Gasteiger partial charge in [-0.25, -0.2) is 4.98 Å². The lowest BCUT2D eigenvalue weighted by Gasteiger charge is -2.10. The van der Waals surface area contributed by atoms with Gasteiger partial charge in [0.25, 0.3) is 5.91 Å². The van der Waals surface area contributed by atoms with Crippen molar-refractivity contribution in [2.45, 2.75) is 6.54 Å². The van der Waals surface area contributed by atoms with Crippen LogP contribution < -0.4 is 14.8 Å². The second kappa shape index (κ2) is 6.62. The maximum Gasteiger partial charge on any atom is 0.251 e. The van der Waals surface area contributed by atoms with Crippen LogP contribution in [0.25, 0.3) is 11.0 Å². The Balaban J connectivity index is 1.76. The fourth-order valence-electron chi connectivity index (χ4n) is 2.59. The van der Waals surface area contributed by atoms with Crippen LogP contribution in [-0.4, -0.2) is 29.7 Å². The molecule has 3 aromatic rings. The number of aromatic nitrogens is 2. The van der Waals surface area contributed by atoms with Crippen LogP contribution in [0.2, 0.25) is 0 Å². The van der Waals surface area contributed by atoms with E-state index in [2.05, 4.69) is 10.3 Å². The molecule has 1 heterocycles. The molecule has 1 N–H and O–H groups in total. The summed E-state index contributed by atoms with van der Waals surface area (Å²) in [7, 11) is 5.04. The first-order valence-electron chi connectivity index (χ1n) is 7.54. The third kappa shape index (κ3) is 2.90. The van der Waals surface area contributed by atoms with Crippen molar-refractivity contribution in [2.75, 3.05) is 14.2 Å². The van der Waals surface area contributed by atoms with Gasteiger partial charge in [-0.2, -0.15) is 0 Å². The molecule has 0 aliphatic carbocycles. The molecule has 6 heteroatoms. The van der Waals surface area contributed by atoms with Gasteiger partial charge < -0.3 is 19.4 Å². The summed E-state index contributed by atoms with van der Waals surface area (Å²) in [5.74, 6) is 1.71. The predicted octanol–water partition coefficient (Wildman–Crippen LogP) is 2.52. The molecule has 6 nitrogen and oxygen atoms in total. The summed E-state index contributed by atoms with van der Waals surface area (Å²) in [5, 5.41) is 2.89. The first kappa shape index (κ1) is 15.9. The zero-order valence-corrected chi connectivity index (χ0v) is 13.9. The third-order valence-electron chi connectivity index (χ3n) is 3.93. The molecule has 0 fully saturated rings. The summed E-state index contributed by atoms with van der Waals surface area (Å²) in [6, 6.07) is 12.9. The number of hydrogen-bond donors (Lipinski definition) is 1. The number of fused-ring (bicyclic) bond motifs is 1. The lowest BCUT2D eigenvalue weighted by molar-refractivity contribution is 0.0949. The monoisotopic (exact) mass is 325 g/mol. The molecule has 0 saturated heterocycles. The van der Waals surface area contributed by atoms with Crippen molar-refractivity contribution in [1.82, 2.24) is 14.9 Å². The number of aryl methyl sites for hydroxylation is 1. The number of carbonyl (C=O) groups is 1. The van der Waals surface area contributed by atoms with E-state index >= 15 is 0 Å². The Morgan fingerprint density at radius 1 is 1.12 bits per heavy atom. The molecule has 0 spiro atoms. The first-order chi connectivity index (χ1) is 11.6. The van der Waals surface area contributed by atoms with Crippen LogP contribution in [0.5, 0.6) is 11.5 Å². The minimum absolute atomic E-state index is 0.192. The molecule has 2 aromatic carbocycles. The summed E-state index contributed by atoms with van der Waals surface area (Å²) >= 11 is 0. The fourth-order valence-corrected chi connectivity index (χ4v) is 2.59. The number of benzene rings is 2. The topological polar surface area (TPSA) is 65.4 Å². The molecule has 124 valence electrons. The predicted molar refractivity (Wildman–Crippen MR) is 91.4 cm³/mol. The van der Waals surface area contributed by atoms with Gasteiger partial charge in [0.2, 0.25) is 0 Å². The molecule has 1 aromatic heterocycles. The highest BCUT2D eigenvalue weighted by molar-refractivity contribution is 5.94. The summed E-state index contributed by atoms with van der Waals surface area (Å²) < 4.78 is 12.4. The van der Waals surface area contributed by atoms with Crippen molar-refractivity contribution in [3.05, 3.63) is 53.9 Å². The van der Waals surface area contributed by atoms with E-state index in [4.69, 9.17) is 9.47 Å². The van der Waals surface area contributed by atoms with Crippen molar-refractivity contribution < 1.29 is 14.3 Å². The van der Waals surface area contributed by atoms with E-state index in [1.165, 1.54) is 0 Å². The van der Waals surface area contributed by atoms with Gasteiger partial charge in [0.05, 0.1) is 31.8 Å². The van der Waals surface area contributed by atoms with E-state index in [1.54, 1.807) is 32.4 Å². The molecule has 0 atom stereocenters. The lowest BCUT2D eigenvalue weighted by Crippen LogP contribution is -2.24. The lowest BCUT2D eigenvalue weighted by atomic mass is 10.2. The normalized spacial score (nSPS) is 10.6. The van der Waals surface area contributed by atoms with Crippen molar-refractivity contribution in [3.8, 4) is 11.5 Å². The van der Waals surface area contributed by atoms with Gasteiger partial charge in [0, 0.05) is 12.6 Å². The SMILES string of the molecule is COc1ccc(C(=O)NCc2nc3ccccc3n2C)cc1OC. The molecular formula is C18H19N3O3. The van der Waals surface area contributed by atoms with Gasteiger partial charge in [-0.05, 0) is 30.3 Å². The Bertz CT molecular complexity index is 886. The highest BCUT2D eigenvalue weighted by Crippen LogP contribution is 2.27. The number of para-hydroxylation sites is 2. The smallest absolute Gasteiger partial charge is 0.251 e. The quantitative estimate of drug-likeness (QED) is 0.783. The highest BCUT2D eigenvalue weighted by Gasteiger charge is 2.12. The number of ether oxygens (including phenoxy) is 2. The minimum Gasteiger partial charge on any atom is -0.493 e. The Labute approximate surface area is 140 Å². The molecule has 0 aliphatic rings. The standard InChI is InChI=1S/C18H19N3O3/c1-21-14-7-5-4-6-13(14)20-17(21)11-19-18(22)12-8-9-15(23-2)16(10-12)24-3/h4-10H,11H2,1-3H3,(H,19,22). The van der Waals surface area contributed by atoms with E-state index in [9.17, 15) is 4.79 Å². The summed E-state index contributed by atoms with van der Waals surface area (Å²) in [6.45, 7) is 0.346. The fraction of sp³-hybridized carbons (Fsp3) is 0.222. The molecular weight excluding hydrogens is 306 g/mol. The van der Waals surface area contributed by atoms with E-state index in [0.717, 1.165) is 16.9 Å². The van der Waals surface area contributed by atoms with Crippen molar-refractivity contribution >= 4 is 16.9 Å². The van der Waals surface area contributed by atoms with Gasteiger partial charge in [0.15, 0.2) is 11.5 Å². The number of amides is 1. The highest BCUT2D eigenvalue weighted by atomic mass is 16.5. The molecule has 1 amide bonds. The van der Waals surface area contributed by atoms with Gasteiger partial charge in [-0.15, -0.1) is 0 Å². The summed E-state index contributed by atoms with van der Waals surface area (Å²) in [5.41, 5.74) is 2.45. The van der Waals surface area contributed by atoms with Crippen LogP contribution in [0.4, 0.5) is 0 Å². The zero-order valence-electron chi connectivity index (χ0n) is 13.9. The number of carbonyl (C=O) groups excluding carboxylic acids is 1. The number of rotatable bonds is 5. The molecule has 0 radical (unpaired) electrons. The number of nitrogens with zero attached hydrogens (tertiary/aromatic N) is 2. The average Bonchev–Trinajstić information content (AvgIpc) is 2.95. The van der Waals surface area contributed by atoms with Gasteiger partial charge in [-0.1, -0.05) is 12.1 Å². The second-order valence-electron chi connectivity index (χ2n) is 5.33.